The van der Waals surface area contributed by atoms with E-state index < -0.39 is 6.10 Å². The predicted octanol–water partition coefficient (Wildman–Crippen LogP) is 2.93. The van der Waals surface area contributed by atoms with Crippen LogP contribution in [0.4, 0.5) is 0 Å². The molecule has 2 aliphatic heterocycles. The van der Waals surface area contributed by atoms with E-state index in [0.717, 1.165) is 30.3 Å². The van der Waals surface area contributed by atoms with Crippen molar-refractivity contribution >= 4 is 0 Å². The van der Waals surface area contributed by atoms with Gasteiger partial charge in [-0.05, 0) is 69.4 Å². The van der Waals surface area contributed by atoms with Gasteiger partial charge in [0.05, 0.1) is 0 Å². The van der Waals surface area contributed by atoms with Crippen LogP contribution in [-0.4, -0.2) is 91.4 Å². The number of hydrogen-bond acceptors (Lipinski definition) is 6. The second kappa shape index (κ2) is 11.0. The molecular formula is C25H35N3O3. The number of likely N-dealkylation sites (tertiary alicyclic amines) is 1. The lowest BCUT2D eigenvalue weighted by atomic mass is 10.0. The molecule has 1 unspecified atom stereocenters. The summed E-state index contributed by atoms with van der Waals surface area (Å²) in [7, 11) is 2.20. The lowest BCUT2D eigenvalue weighted by molar-refractivity contribution is 0.0338. The molecule has 1 atom stereocenters. The van der Waals surface area contributed by atoms with Gasteiger partial charge in [0.15, 0.2) is 0 Å². The summed E-state index contributed by atoms with van der Waals surface area (Å²) in [5, 5.41) is 10.4. The van der Waals surface area contributed by atoms with Gasteiger partial charge >= 0.3 is 0 Å². The van der Waals surface area contributed by atoms with Gasteiger partial charge < -0.3 is 24.4 Å². The average molecular weight is 426 g/mol. The Morgan fingerprint density at radius 2 is 1.45 bits per heavy atom. The number of aliphatic hydroxyl groups is 1. The summed E-state index contributed by atoms with van der Waals surface area (Å²) < 4.78 is 11.6. The number of hydrogen-bond donors (Lipinski definition) is 1. The van der Waals surface area contributed by atoms with Crippen LogP contribution >= 0.6 is 0 Å². The number of aliphatic hydroxyl groups excluding tert-OH is 1. The van der Waals surface area contributed by atoms with Crippen LogP contribution in [0.25, 0.3) is 0 Å². The zero-order chi connectivity index (χ0) is 21.5. The molecule has 0 saturated carbocycles. The van der Waals surface area contributed by atoms with E-state index in [1.165, 1.54) is 39.0 Å². The maximum Gasteiger partial charge on any atom is 0.127 e. The fraction of sp³-hybridized carbons (Fsp3) is 0.520. The summed E-state index contributed by atoms with van der Waals surface area (Å²) in [5.74, 6) is 2.32. The zero-order valence-electron chi connectivity index (χ0n) is 18.5. The van der Waals surface area contributed by atoms with E-state index in [9.17, 15) is 5.11 Å². The predicted molar refractivity (Wildman–Crippen MR) is 123 cm³/mol. The minimum absolute atomic E-state index is 0.303. The molecule has 0 aliphatic carbocycles. The van der Waals surface area contributed by atoms with E-state index >= 15 is 0 Å². The standard InChI is InChI=1S/C25H35N3O3/c1-26-15-17-28(18-16-26)21-11-13-27(14-12-21)19-22(29)20-30-23-7-9-25(10-8-23)31-24-5-3-2-4-6-24/h2-10,21-22,29H,11-20H2,1H3. The highest BCUT2D eigenvalue weighted by molar-refractivity contribution is 5.35. The fourth-order valence-corrected chi connectivity index (χ4v) is 4.43. The number of β-amino-alcohol motifs (C(OH)–C–C–N with tert-alkyl or cyclic N) is 1. The molecule has 6 heteroatoms. The molecule has 2 fully saturated rings. The summed E-state index contributed by atoms with van der Waals surface area (Å²) in [6.07, 6.45) is 1.90. The molecule has 0 radical (unpaired) electrons. The average Bonchev–Trinajstić information content (AvgIpc) is 2.80. The van der Waals surface area contributed by atoms with Crippen LogP contribution in [0.2, 0.25) is 0 Å². The second-order valence-electron chi connectivity index (χ2n) is 8.72. The molecule has 0 spiro atoms. The van der Waals surface area contributed by atoms with Gasteiger partial charge in [-0.3, -0.25) is 4.90 Å². The van der Waals surface area contributed by atoms with Crippen molar-refractivity contribution in [2.24, 2.45) is 0 Å². The first-order chi connectivity index (χ1) is 15.2. The smallest absolute Gasteiger partial charge is 0.127 e. The third kappa shape index (κ3) is 6.68. The Morgan fingerprint density at radius 1 is 0.839 bits per heavy atom. The van der Waals surface area contributed by atoms with E-state index in [-0.39, 0.29) is 0 Å². The van der Waals surface area contributed by atoms with Crippen molar-refractivity contribution in [3.05, 3.63) is 54.6 Å². The number of nitrogens with zero attached hydrogens (tertiary/aromatic N) is 3. The highest BCUT2D eigenvalue weighted by atomic mass is 16.5. The number of ether oxygens (including phenoxy) is 2. The van der Waals surface area contributed by atoms with E-state index in [4.69, 9.17) is 9.47 Å². The molecule has 1 N–H and O–H groups in total. The van der Waals surface area contributed by atoms with Crippen LogP contribution in [0.3, 0.4) is 0 Å². The van der Waals surface area contributed by atoms with Crippen molar-refractivity contribution in [3.8, 4) is 17.2 Å². The van der Waals surface area contributed by atoms with E-state index in [1.54, 1.807) is 0 Å². The first kappa shape index (κ1) is 22.1. The summed E-state index contributed by atoms with van der Waals surface area (Å²) in [5.41, 5.74) is 0. The van der Waals surface area contributed by atoms with Crippen molar-refractivity contribution in [2.75, 3.05) is 59.5 Å². The quantitative estimate of drug-likeness (QED) is 0.702. The van der Waals surface area contributed by atoms with Gasteiger partial charge in [0.25, 0.3) is 0 Å². The molecule has 31 heavy (non-hydrogen) atoms. The molecule has 2 saturated heterocycles. The SMILES string of the molecule is CN1CCN(C2CCN(CC(O)COc3ccc(Oc4ccccc4)cc3)CC2)CC1. The normalized spacial score (nSPS) is 20.5. The lowest BCUT2D eigenvalue weighted by Gasteiger charge is -2.42. The molecule has 0 bridgehead atoms. The van der Waals surface area contributed by atoms with Gasteiger partial charge in [-0.15, -0.1) is 0 Å². The number of rotatable bonds is 8. The monoisotopic (exact) mass is 425 g/mol. The van der Waals surface area contributed by atoms with Crippen molar-refractivity contribution in [3.63, 3.8) is 0 Å². The van der Waals surface area contributed by atoms with Gasteiger partial charge in [0.1, 0.15) is 30.0 Å². The Morgan fingerprint density at radius 3 is 2.13 bits per heavy atom. The highest BCUT2D eigenvalue weighted by Gasteiger charge is 2.27. The van der Waals surface area contributed by atoms with Gasteiger partial charge in [0.2, 0.25) is 0 Å². The minimum atomic E-state index is -0.486. The molecule has 6 nitrogen and oxygen atoms in total. The maximum atomic E-state index is 10.4. The van der Waals surface area contributed by atoms with Gasteiger partial charge in [-0.2, -0.15) is 0 Å². The molecule has 2 aromatic carbocycles. The van der Waals surface area contributed by atoms with E-state index in [1.807, 2.05) is 54.6 Å². The van der Waals surface area contributed by atoms with Crippen molar-refractivity contribution in [2.45, 2.75) is 25.0 Å². The summed E-state index contributed by atoms with van der Waals surface area (Å²) >= 11 is 0. The van der Waals surface area contributed by atoms with E-state index in [2.05, 4.69) is 21.7 Å². The molecule has 4 rings (SSSR count). The van der Waals surface area contributed by atoms with Crippen LogP contribution in [0.5, 0.6) is 17.2 Å². The molecule has 0 amide bonds. The number of para-hydroxylation sites is 1. The molecule has 168 valence electrons. The minimum Gasteiger partial charge on any atom is -0.491 e. The third-order valence-corrected chi connectivity index (χ3v) is 6.33. The van der Waals surface area contributed by atoms with Crippen molar-refractivity contribution in [1.29, 1.82) is 0 Å². The molecule has 0 aromatic heterocycles. The van der Waals surface area contributed by atoms with Crippen LogP contribution in [0, 0.1) is 0 Å². The number of benzene rings is 2. The Bertz CT molecular complexity index is 770. The number of likely N-dealkylation sites (N-methyl/N-ethyl adjacent to an activating group) is 1. The molecule has 2 aliphatic rings. The first-order valence-electron chi connectivity index (χ1n) is 11.4. The summed E-state index contributed by atoms with van der Waals surface area (Å²) in [4.78, 5) is 7.44. The van der Waals surface area contributed by atoms with Gasteiger partial charge in [-0.25, -0.2) is 0 Å². The second-order valence-corrected chi connectivity index (χ2v) is 8.72. The van der Waals surface area contributed by atoms with Crippen LogP contribution in [0.1, 0.15) is 12.8 Å². The summed E-state index contributed by atoms with van der Waals surface area (Å²) in [6.45, 7) is 7.81. The van der Waals surface area contributed by atoms with Crippen LogP contribution in [-0.2, 0) is 0 Å². The van der Waals surface area contributed by atoms with E-state index in [0.29, 0.717) is 19.2 Å². The van der Waals surface area contributed by atoms with Crippen molar-refractivity contribution < 1.29 is 14.6 Å². The number of piperidine rings is 1. The Hall–Kier alpha value is -2.12. The largest absolute Gasteiger partial charge is 0.491 e. The Balaban J connectivity index is 1.15. The topological polar surface area (TPSA) is 48.4 Å². The van der Waals surface area contributed by atoms with Gasteiger partial charge in [-0.1, -0.05) is 18.2 Å². The number of piperazine rings is 1. The van der Waals surface area contributed by atoms with Gasteiger partial charge in [0, 0.05) is 38.8 Å². The third-order valence-electron chi connectivity index (χ3n) is 6.33. The lowest BCUT2D eigenvalue weighted by Crippen LogP contribution is -2.53. The van der Waals surface area contributed by atoms with Crippen LogP contribution in [0.15, 0.2) is 54.6 Å². The Labute approximate surface area is 186 Å². The molecule has 2 heterocycles. The summed E-state index contributed by atoms with van der Waals surface area (Å²) in [6, 6.07) is 17.9. The van der Waals surface area contributed by atoms with Crippen LogP contribution < -0.4 is 9.47 Å². The van der Waals surface area contributed by atoms with Crippen molar-refractivity contribution in [1.82, 2.24) is 14.7 Å². The highest BCUT2D eigenvalue weighted by Crippen LogP contribution is 2.24. The maximum absolute atomic E-state index is 10.4. The fourth-order valence-electron chi connectivity index (χ4n) is 4.43. The zero-order valence-corrected chi connectivity index (χ0v) is 18.5. The first-order valence-corrected chi connectivity index (χ1v) is 11.4. The Kier molecular flexibility index (Phi) is 7.81. The molecular weight excluding hydrogens is 390 g/mol. The molecule has 2 aromatic rings.